The van der Waals surface area contributed by atoms with Gasteiger partial charge in [-0.3, -0.25) is 9.59 Å². The normalized spacial score (nSPS) is 27.1. The molecule has 1 fully saturated rings. The van der Waals surface area contributed by atoms with Crippen LogP contribution in [0.15, 0.2) is 0 Å². The van der Waals surface area contributed by atoms with E-state index in [1.54, 1.807) is 6.92 Å². The van der Waals surface area contributed by atoms with Crippen LogP contribution in [0.5, 0.6) is 0 Å². The summed E-state index contributed by atoms with van der Waals surface area (Å²) in [7, 11) is 0. The van der Waals surface area contributed by atoms with Crippen LogP contribution in [0.1, 0.15) is 39.0 Å². The second-order valence-corrected chi connectivity index (χ2v) is 4.69. The Morgan fingerprint density at radius 3 is 2.69 bits per heavy atom. The molecule has 16 heavy (non-hydrogen) atoms. The van der Waals surface area contributed by atoms with E-state index in [4.69, 9.17) is 11.5 Å². The highest BCUT2D eigenvalue weighted by molar-refractivity contribution is 5.86. The minimum Gasteiger partial charge on any atom is -0.368 e. The molecule has 2 amide bonds. The standard InChI is InChI=1S/C11H21N3O2/c1-7(11(13)16)14-10(15)6-8-3-2-4-9(12)5-8/h7-9H,2-6,12H2,1H3,(H2,13,16)(H,14,15). The van der Waals surface area contributed by atoms with Crippen LogP contribution in [0.2, 0.25) is 0 Å². The maximum Gasteiger partial charge on any atom is 0.239 e. The van der Waals surface area contributed by atoms with Crippen LogP contribution in [0.3, 0.4) is 0 Å². The molecule has 1 aliphatic rings. The zero-order valence-corrected chi connectivity index (χ0v) is 9.74. The van der Waals surface area contributed by atoms with Gasteiger partial charge in [-0.05, 0) is 32.1 Å². The van der Waals surface area contributed by atoms with Gasteiger partial charge in [0.25, 0.3) is 0 Å². The van der Waals surface area contributed by atoms with Gasteiger partial charge in [0.1, 0.15) is 6.04 Å². The fourth-order valence-electron chi connectivity index (χ4n) is 2.15. The highest BCUT2D eigenvalue weighted by atomic mass is 16.2. The van der Waals surface area contributed by atoms with E-state index in [0.29, 0.717) is 12.3 Å². The first-order valence-corrected chi connectivity index (χ1v) is 5.83. The van der Waals surface area contributed by atoms with Crippen molar-refractivity contribution in [3.05, 3.63) is 0 Å². The molecule has 5 heteroatoms. The Balaban J connectivity index is 2.30. The highest BCUT2D eigenvalue weighted by Gasteiger charge is 2.22. The number of carbonyl (C=O) groups excluding carboxylic acids is 2. The van der Waals surface area contributed by atoms with Gasteiger partial charge in [-0.1, -0.05) is 6.42 Å². The molecule has 0 aliphatic heterocycles. The van der Waals surface area contributed by atoms with Crippen molar-refractivity contribution >= 4 is 11.8 Å². The summed E-state index contributed by atoms with van der Waals surface area (Å²) in [5.41, 5.74) is 10.9. The number of carbonyl (C=O) groups is 2. The van der Waals surface area contributed by atoms with Crippen molar-refractivity contribution in [1.82, 2.24) is 5.32 Å². The van der Waals surface area contributed by atoms with E-state index in [0.717, 1.165) is 25.7 Å². The van der Waals surface area contributed by atoms with Crippen LogP contribution in [0.25, 0.3) is 0 Å². The van der Waals surface area contributed by atoms with E-state index in [-0.39, 0.29) is 11.9 Å². The lowest BCUT2D eigenvalue weighted by Crippen LogP contribution is -2.43. The molecule has 5 N–H and O–H groups in total. The summed E-state index contributed by atoms with van der Waals surface area (Å²) >= 11 is 0. The molecule has 3 unspecified atom stereocenters. The van der Waals surface area contributed by atoms with E-state index in [1.807, 2.05) is 0 Å². The van der Waals surface area contributed by atoms with E-state index < -0.39 is 11.9 Å². The smallest absolute Gasteiger partial charge is 0.239 e. The number of nitrogens with two attached hydrogens (primary N) is 2. The Labute approximate surface area is 95.9 Å². The highest BCUT2D eigenvalue weighted by Crippen LogP contribution is 2.25. The summed E-state index contributed by atoms with van der Waals surface area (Å²) in [4.78, 5) is 22.3. The molecule has 0 aromatic rings. The van der Waals surface area contributed by atoms with E-state index in [9.17, 15) is 9.59 Å². The Morgan fingerprint density at radius 2 is 2.12 bits per heavy atom. The van der Waals surface area contributed by atoms with Crippen LogP contribution in [-0.2, 0) is 9.59 Å². The van der Waals surface area contributed by atoms with Gasteiger partial charge in [0.2, 0.25) is 11.8 Å². The van der Waals surface area contributed by atoms with Crippen molar-refractivity contribution in [2.24, 2.45) is 17.4 Å². The molecule has 5 nitrogen and oxygen atoms in total. The number of hydrogen-bond acceptors (Lipinski definition) is 3. The lowest BCUT2D eigenvalue weighted by Gasteiger charge is -2.26. The van der Waals surface area contributed by atoms with Gasteiger partial charge in [-0.15, -0.1) is 0 Å². The van der Waals surface area contributed by atoms with Crippen LogP contribution < -0.4 is 16.8 Å². The van der Waals surface area contributed by atoms with Crippen molar-refractivity contribution in [2.75, 3.05) is 0 Å². The maximum absolute atomic E-state index is 11.6. The van der Waals surface area contributed by atoms with Gasteiger partial charge in [0, 0.05) is 12.5 Å². The van der Waals surface area contributed by atoms with Gasteiger partial charge < -0.3 is 16.8 Å². The van der Waals surface area contributed by atoms with Crippen molar-refractivity contribution in [2.45, 2.75) is 51.1 Å². The molecular weight excluding hydrogens is 206 g/mol. The quantitative estimate of drug-likeness (QED) is 0.624. The second-order valence-electron chi connectivity index (χ2n) is 4.69. The molecule has 0 radical (unpaired) electrons. The Hall–Kier alpha value is -1.10. The zero-order valence-electron chi connectivity index (χ0n) is 9.74. The summed E-state index contributed by atoms with van der Waals surface area (Å²) in [6.07, 6.45) is 4.54. The molecule has 0 bridgehead atoms. The predicted octanol–water partition coefficient (Wildman–Crippen LogP) is -0.116. The van der Waals surface area contributed by atoms with Gasteiger partial charge in [0.05, 0.1) is 0 Å². The average molecular weight is 227 g/mol. The topological polar surface area (TPSA) is 98.2 Å². The third-order valence-electron chi connectivity index (χ3n) is 3.10. The van der Waals surface area contributed by atoms with E-state index in [1.165, 1.54) is 0 Å². The third-order valence-corrected chi connectivity index (χ3v) is 3.10. The summed E-state index contributed by atoms with van der Waals surface area (Å²) in [5.74, 6) is -0.261. The van der Waals surface area contributed by atoms with Crippen LogP contribution in [0, 0.1) is 5.92 Å². The van der Waals surface area contributed by atoms with Gasteiger partial charge >= 0.3 is 0 Å². The first-order valence-electron chi connectivity index (χ1n) is 5.83. The summed E-state index contributed by atoms with van der Waals surface area (Å²) in [6, 6.07) is -0.370. The Bertz CT molecular complexity index is 268. The molecule has 0 aromatic heterocycles. The molecular formula is C11H21N3O2. The molecule has 0 heterocycles. The number of nitrogens with one attached hydrogen (secondary N) is 1. The Morgan fingerprint density at radius 1 is 1.44 bits per heavy atom. The zero-order chi connectivity index (χ0) is 12.1. The molecule has 3 atom stereocenters. The molecule has 1 aliphatic carbocycles. The lowest BCUT2D eigenvalue weighted by molar-refractivity contribution is -0.127. The van der Waals surface area contributed by atoms with Crippen molar-refractivity contribution in [3.8, 4) is 0 Å². The third kappa shape index (κ3) is 4.18. The SMILES string of the molecule is CC(NC(=O)CC1CCCC(N)C1)C(N)=O. The average Bonchev–Trinajstić information content (AvgIpc) is 2.16. The van der Waals surface area contributed by atoms with Crippen LogP contribution in [0.4, 0.5) is 0 Å². The minimum atomic E-state index is -0.593. The minimum absolute atomic E-state index is 0.106. The summed E-state index contributed by atoms with van der Waals surface area (Å²) < 4.78 is 0. The number of rotatable bonds is 4. The number of amides is 2. The van der Waals surface area contributed by atoms with Crippen LogP contribution >= 0.6 is 0 Å². The first-order chi connectivity index (χ1) is 7.49. The second kappa shape index (κ2) is 5.84. The molecule has 1 saturated carbocycles. The van der Waals surface area contributed by atoms with Gasteiger partial charge in [-0.2, -0.15) is 0 Å². The molecule has 0 saturated heterocycles. The predicted molar refractivity (Wildman–Crippen MR) is 61.3 cm³/mol. The van der Waals surface area contributed by atoms with Crippen LogP contribution in [-0.4, -0.2) is 23.9 Å². The van der Waals surface area contributed by atoms with Crippen molar-refractivity contribution in [3.63, 3.8) is 0 Å². The van der Waals surface area contributed by atoms with Crippen molar-refractivity contribution < 1.29 is 9.59 Å². The van der Waals surface area contributed by atoms with E-state index in [2.05, 4.69) is 5.32 Å². The molecule has 0 spiro atoms. The monoisotopic (exact) mass is 227 g/mol. The maximum atomic E-state index is 11.6. The molecule has 92 valence electrons. The van der Waals surface area contributed by atoms with Gasteiger partial charge in [-0.25, -0.2) is 0 Å². The van der Waals surface area contributed by atoms with E-state index >= 15 is 0 Å². The van der Waals surface area contributed by atoms with Gasteiger partial charge in [0.15, 0.2) is 0 Å². The largest absolute Gasteiger partial charge is 0.368 e. The first kappa shape index (κ1) is 13.0. The fourth-order valence-corrected chi connectivity index (χ4v) is 2.15. The molecule has 0 aromatic carbocycles. The fraction of sp³-hybridized carbons (Fsp3) is 0.818. The summed E-state index contributed by atoms with van der Waals surface area (Å²) in [6.45, 7) is 1.59. The number of primary amides is 1. The van der Waals surface area contributed by atoms with Crippen molar-refractivity contribution in [1.29, 1.82) is 0 Å². The summed E-state index contributed by atoms with van der Waals surface area (Å²) in [5, 5.41) is 2.59. The molecule has 1 rings (SSSR count). The Kier molecular flexibility index (Phi) is 4.73. The lowest BCUT2D eigenvalue weighted by atomic mass is 9.84. The number of hydrogen-bond donors (Lipinski definition) is 3.